The Hall–Kier alpha value is -0.660. The summed E-state index contributed by atoms with van der Waals surface area (Å²) >= 11 is 0. The van der Waals surface area contributed by atoms with E-state index < -0.39 is 11.3 Å². The normalized spacial score (nSPS) is 14.1. The molecule has 88 valence electrons. The van der Waals surface area contributed by atoms with Crippen LogP contribution in [0.5, 0.6) is 0 Å². The SMILES string of the molecule is CC(C)CCC(=O)C(C)C(=O)C(C)(C)C. The van der Waals surface area contributed by atoms with Crippen LogP contribution >= 0.6 is 0 Å². The van der Waals surface area contributed by atoms with Gasteiger partial charge in [-0.15, -0.1) is 0 Å². The lowest BCUT2D eigenvalue weighted by atomic mass is 9.81. The molecule has 0 spiro atoms. The van der Waals surface area contributed by atoms with Crippen molar-refractivity contribution < 1.29 is 9.59 Å². The van der Waals surface area contributed by atoms with Crippen LogP contribution in [-0.2, 0) is 9.59 Å². The van der Waals surface area contributed by atoms with Gasteiger partial charge in [0.2, 0.25) is 0 Å². The molecule has 1 atom stereocenters. The Kier molecular flexibility index (Phi) is 5.19. The fourth-order valence-electron chi connectivity index (χ4n) is 1.44. The van der Waals surface area contributed by atoms with Crippen molar-refractivity contribution in [3.8, 4) is 0 Å². The highest BCUT2D eigenvalue weighted by Crippen LogP contribution is 2.22. The molecule has 0 radical (unpaired) electrons. The van der Waals surface area contributed by atoms with Crippen molar-refractivity contribution in [2.24, 2.45) is 17.3 Å². The number of ketones is 2. The maximum absolute atomic E-state index is 11.8. The molecule has 0 heterocycles. The van der Waals surface area contributed by atoms with E-state index in [9.17, 15) is 9.59 Å². The van der Waals surface area contributed by atoms with E-state index in [1.807, 2.05) is 20.8 Å². The Bertz CT molecular complexity index is 233. The van der Waals surface area contributed by atoms with Gasteiger partial charge in [0.05, 0.1) is 5.92 Å². The van der Waals surface area contributed by atoms with E-state index in [-0.39, 0.29) is 11.6 Å². The van der Waals surface area contributed by atoms with Gasteiger partial charge >= 0.3 is 0 Å². The Morgan fingerprint density at radius 1 is 1.07 bits per heavy atom. The van der Waals surface area contributed by atoms with Crippen LogP contribution in [0.2, 0.25) is 0 Å². The van der Waals surface area contributed by atoms with Crippen molar-refractivity contribution in [1.29, 1.82) is 0 Å². The molecule has 0 bridgehead atoms. The zero-order valence-electron chi connectivity index (χ0n) is 10.9. The minimum atomic E-state index is -0.441. The first-order valence-electron chi connectivity index (χ1n) is 5.73. The molecule has 0 N–H and O–H groups in total. The largest absolute Gasteiger partial charge is 0.299 e. The van der Waals surface area contributed by atoms with Gasteiger partial charge in [-0.25, -0.2) is 0 Å². The topological polar surface area (TPSA) is 34.1 Å². The summed E-state index contributed by atoms with van der Waals surface area (Å²) in [6.45, 7) is 11.5. The number of carbonyl (C=O) groups excluding carboxylic acids is 2. The van der Waals surface area contributed by atoms with Gasteiger partial charge in [-0.05, 0) is 19.3 Å². The maximum atomic E-state index is 11.8. The smallest absolute Gasteiger partial charge is 0.148 e. The number of rotatable bonds is 5. The van der Waals surface area contributed by atoms with Crippen molar-refractivity contribution >= 4 is 11.6 Å². The molecular weight excluding hydrogens is 188 g/mol. The molecule has 0 aromatic heterocycles. The van der Waals surface area contributed by atoms with Crippen molar-refractivity contribution in [2.75, 3.05) is 0 Å². The highest BCUT2D eigenvalue weighted by atomic mass is 16.2. The third kappa shape index (κ3) is 5.10. The van der Waals surface area contributed by atoms with Crippen LogP contribution in [0.3, 0.4) is 0 Å². The molecule has 0 fully saturated rings. The molecule has 0 aliphatic heterocycles. The van der Waals surface area contributed by atoms with Gasteiger partial charge in [0.25, 0.3) is 0 Å². The Labute approximate surface area is 93.4 Å². The Morgan fingerprint density at radius 3 is 1.87 bits per heavy atom. The second-order valence-corrected chi connectivity index (χ2v) is 5.73. The Balaban J connectivity index is 4.27. The molecule has 2 nitrogen and oxygen atoms in total. The molecule has 0 aromatic rings. The van der Waals surface area contributed by atoms with Crippen molar-refractivity contribution in [3.05, 3.63) is 0 Å². The summed E-state index contributed by atoms with van der Waals surface area (Å²) < 4.78 is 0. The predicted molar refractivity (Wildman–Crippen MR) is 62.7 cm³/mol. The third-order valence-electron chi connectivity index (χ3n) is 2.58. The summed E-state index contributed by atoms with van der Waals surface area (Å²) in [5, 5.41) is 0. The molecule has 0 rings (SSSR count). The minimum Gasteiger partial charge on any atom is -0.299 e. The zero-order valence-corrected chi connectivity index (χ0v) is 10.9. The van der Waals surface area contributed by atoms with E-state index in [1.54, 1.807) is 6.92 Å². The molecule has 0 amide bonds. The molecule has 0 aromatic carbocycles. The first-order valence-corrected chi connectivity index (χ1v) is 5.73. The number of carbonyl (C=O) groups is 2. The molecule has 0 saturated heterocycles. The lowest BCUT2D eigenvalue weighted by Gasteiger charge is -2.21. The van der Waals surface area contributed by atoms with Gasteiger partial charge in [-0.2, -0.15) is 0 Å². The standard InChI is InChI=1S/C13H24O2/c1-9(2)7-8-11(14)10(3)12(15)13(4,5)6/h9-10H,7-8H2,1-6H3. The summed E-state index contributed by atoms with van der Waals surface area (Å²) in [6, 6.07) is 0. The van der Waals surface area contributed by atoms with Gasteiger partial charge in [0, 0.05) is 11.8 Å². The molecule has 15 heavy (non-hydrogen) atoms. The van der Waals surface area contributed by atoms with Crippen LogP contribution in [0.4, 0.5) is 0 Å². The average molecular weight is 212 g/mol. The first kappa shape index (κ1) is 14.3. The van der Waals surface area contributed by atoms with E-state index >= 15 is 0 Å². The summed E-state index contributed by atoms with van der Waals surface area (Å²) in [5.41, 5.74) is -0.410. The monoisotopic (exact) mass is 212 g/mol. The van der Waals surface area contributed by atoms with Gasteiger partial charge < -0.3 is 0 Å². The lowest BCUT2D eigenvalue weighted by Crippen LogP contribution is -2.31. The fourth-order valence-corrected chi connectivity index (χ4v) is 1.44. The van der Waals surface area contributed by atoms with Crippen LogP contribution in [0.15, 0.2) is 0 Å². The van der Waals surface area contributed by atoms with Crippen LogP contribution in [-0.4, -0.2) is 11.6 Å². The van der Waals surface area contributed by atoms with Crippen LogP contribution in [0, 0.1) is 17.3 Å². The first-order chi connectivity index (χ1) is 6.66. The predicted octanol–water partition coefficient (Wildman–Crippen LogP) is 3.24. The van der Waals surface area contributed by atoms with Crippen molar-refractivity contribution in [3.63, 3.8) is 0 Å². The molecular formula is C13H24O2. The highest BCUT2D eigenvalue weighted by Gasteiger charge is 2.30. The van der Waals surface area contributed by atoms with Gasteiger partial charge in [-0.3, -0.25) is 9.59 Å². The summed E-state index contributed by atoms with van der Waals surface area (Å²) in [6.07, 6.45) is 1.40. The molecule has 0 aliphatic rings. The lowest BCUT2D eigenvalue weighted by molar-refractivity contribution is -0.137. The zero-order chi connectivity index (χ0) is 12.2. The van der Waals surface area contributed by atoms with Crippen LogP contribution < -0.4 is 0 Å². The van der Waals surface area contributed by atoms with E-state index in [0.29, 0.717) is 12.3 Å². The van der Waals surface area contributed by atoms with Gasteiger partial charge in [0.15, 0.2) is 0 Å². The van der Waals surface area contributed by atoms with E-state index in [0.717, 1.165) is 6.42 Å². The minimum absolute atomic E-state index is 0.0521. The second kappa shape index (κ2) is 5.43. The van der Waals surface area contributed by atoms with Crippen molar-refractivity contribution in [1.82, 2.24) is 0 Å². The van der Waals surface area contributed by atoms with E-state index in [2.05, 4.69) is 13.8 Å². The third-order valence-corrected chi connectivity index (χ3v) is 2.58. The van der Waals surface area contributed by atoms with Crippen molar-refractivity contribution in [2.45, 2.75) is 54.4 Å². The van der Waals surface area contributed by atoms with E-state index in [4.69, 9.17) is 0 Å². The van der Waals surface area contributed by atoms with Crippen LogP contribution in [0.1, 0.15) is 54.4 Å². The summed E-state index contributed by atoms with van der Waals surface area (Å²) in [4.78, 5) is 23.5. The molecule has 0 saturated carbocycles. The fraction of sp³-hybridized carbons (Fsp3) is 0.846. The maximum Gasteiger partial charge on any atom is 0.148 e. The second-order valence-electron chi connectivity index (χ2n) is 5.73. The van der Waals surface area contributed by atoms with E-state index in [1.165, 1.54) is 0 Å². The highest BCUT2D eigenvalue weighted by molar-refractivity contribution is 6.04. The quantitative estimate of drug-likeness (QED) is 0.656. The Morgan fingerprint density at radius 2 is 1.53 bits per heavy atom. The molecule has 0 aliphatic carbocycles. The number of hydrogen-bond donors (Lipinski definition) is 0. The summed E-state index contributed by atoms with van der Waals surface area (Å²) in [7, 11) is 0. The summed E-state index contributed by atoms with van der Waals surface area (Å²) in [5.74, 6) is 0.217. The number of Topliss-reactive ketones (excluding diaryl/α,β-unsaturated/α-hetero) is 2. The molecule has 2 heteroatoms. The molecule has 1 unspecified atom stereocenters. The number of hydrogen-bond acceptors (Lipinski definition) is 2. The average Bonchev–Trinajstić information content (AvgIpc) is 2.10. The van der Waals surface area contributed by atoms with Gasteiger partial charge in [-0.1, -0.05) is 34.6 Å². The van der Waals surface area contributed by atoms with Gasteiger partial charge in [0.1, 0.15) is 11.6 Å². The van der Waals surface area contributed by atoms with Crippen LogP contribution in [0.25, 0.3) is 0 Å².